The van der Waals surface area contributed by atoms with E-state index in [0.29, 0.717) is 25.3 Å². The fourth-order valence-electron chi connectivity index (χ4n) is 2.75. The van der Waals surface area contributed by atoms with Crippen molar-refractivity contribution in [2.75, 3.05) is 39.9 Å². The van der Waals surface area contributed by atoms with Crippen molar-refractivity contribution < 1.29 is 14.6 Å². The van der Waals surface area contributed by atoms with E-state index in [0.717, 1.165) is 23.1 Å². The van der Waals surface area contributed by atoms with E-state index in [1.54, 1.807) is 7.05 Å². The number of amides is 1. The maximum Gasteiger partial charge on any atom is 0.254 e. The predicted molar refractivity (Wildman–Crippen MR) is 87.4 cm³/mol. The highest BCUT2D eigenvalue weighted by Gasteiger charge is 2.22. The van der Waals surface area contributed by atoms with Crippen molar-refractivity contribution in [2.24, 2.45) is 0 Å². The van der Waals surface area contributed by atoms with E-state index in [1.807, 2.05) is 30.3 Å². The number of aliphatic hydroxyl groups is 1. The standard InChI is InChI=1S/C17H21N3O3/c1-20(7-8-21)17(22)13-10-15(16-11-18-6-9-23-16)19-14-5-3-2-4-12(13)14/h2-5,10,16,18,21H,6-9,11H2,1H3. The molecule has 1 aromatic carbocycles. The number of fused-ring (bicyclic) bond motifs is 1. The van der Waals surface area contributed by atoms with Crippen LogP contribution in [0.4, 0.5) is 0 Å². The summed E-state index contributed by atoms with van der Waals surface area (Å²) < 4.78 is 5.77. The van der Waals surface area contributed by atoms with Crippen LogP contribution >= 0.6 is 0 Å². The number of likely N-dealkylation sites (N-methyl/N-ethyl adjacent to an activating group) is 1. The van der Waals surface area contributed by atoms with E-state index >= 15 is 0 Å². The highest BCUT2D eigenvalue weighted by molar-refractivity contribution is 6.06. The summed E-state index contributed by atoms with van der Waals surface area (Å²) in [5.41, 5.74) is 2.13. The van der Waals surface area contributed by atoms with Crippen LogP contribution < -0.4 is 5.32 Å². The molecular formula is C17H21N3O3. The molecule has 0 bridgehead atoms. The molecule has 1 unspecified atom stereocenters. The third-order valence-electron chi connectivity index (χ3n) is 4.01. The molecule has 0 radical (unpaired) electrons. The van der Waals surface area contributed by atoms with Crippen molar-refractivity contribution in [1.82, 2.24) is 15.2 Å². The molecule has 122 valence electrons. The van der Waals surface area contributed by atoms with Gasteiger partial charge in [-0.2, -0.15) is 0 Å². The Bertz CT molecular complexity index is 699. The summed E-state index contributed by atoms with van der Waals surface area (Å²) in [6, 6.07) is 9.41. The molecule has 1 amide bonds. The van der Waals surface area contributed by atoms with Gasteiger partial charge in [-0.1, -0.05) is 18.2 Å². The summed E-state index contributed by atoms with van der Waals surface area (Å²) in [4.78, 5) is 18.9. The lowest BCUT2D eigenvalue weighted by Crippen LogP contribution is -2.34. The second kappa shape index (κ2) is 7.04. The van der Waals surface area contributed by atoms with Gasteiger partial charge in [0.1, 0.15) is 6.10 Å². The smallest absolute Gasteiger partial charge is 0.254 e. The molecule has 1 atom stereocenters. The molecule has 1 fully saturated rings. The first-order chi connectivity index (χ1) is 11.2. The topological polar surface area (TPSA) is 74.7 Å². The second-order valence-electron chi connectivity index (χ2n) is 5.63. The van der Waals surface area contributed by atoms with Crippen LogP contribution in [0.5, 0.6) is 0 Å². The molecule has 2 N–H and O–H groups in total. The lowest BCUT2D eigenvalue weighted by atomic mass is 10.0. The van der Waals surface area contributed by atoms with Crippen LogP contribution in [0.2, 0.25) is 0 Å². The maximum absolute atomic E-state index is 12.7. The van der Waals surface area contributed by atoms with E-state index in [-0.39, 0.29) is 18.6 Å². The Kier molecular flexibility index (Phi) is 4.85. The molecule has 0 aliphatic carbocycles. The van der Waals surface area contributed by atoms with Crippen LogP contribution in [0.15, 0.2) is 30.3 Å². The lowest BCUT2D eigenvalue weighted by Gasteiger charge is -2.24. The Hall–Kier alpha value is -2.02. The Morgan fingerprint density at radius 2 is 2.30 bits per heavy atom. The average molecular weight is 315 g/mol. The molecule has 6 nitrogen and oxygen atoms in total. The van der Waals surface area contributed by atoms with Crippen molar-refractivity contribution in [3.05, 3.63) is 41.6 Å². The third-order valence-corrected chi connectivity index (χ3v) is 4.01. The number of carbonyl (C=O) groups excluding carboxylic acids is 1. The fraction of sp³-hybridized carbons (Fsp3) is 0.412. The molecule has 2 heterocycles. The minimum atomic E-state index is -0.150. The Balaban J connectivity index is 2.05. The monoisotopic (exact) mass is 315 g/mol. The van der Waals surface area contributed by atoms with E-state index in [2.05, 4.69) is 10.3 Å². The van der Waals surface area contributed by atoms with Gasteiger partial charge >= 0.3 is 0 Å². The molecule has 0 saturated carbocycles. The third kappa shape index (κ3) is 3.34. The number of rotatable bonds is 4. The molecule has 1 aliphatic heterocycles. The van der Waals surface area contributed by atoms with Crippen molar-refractivity contribution >= 4 is 16.8 Å². The molecule has 1 aromatic heterocycles. The van der Waals surface area contributed by atoms with Crippen molar-refractivity contribution in [1.29, 1.82) is 0 Å². The van der Waals surface area contributed by atoms with Crippen LogP contribution in [-0.2, 0) is 4.74 Å². The van der Waals surface area contributed by atoms with Gasteiger partial charge in [0.2, 0.25) is 0 Å². The van der Waals surface area contributed by atoms with Gasteiger partial charge in [-0.05, 0) is 12.1 Å². The van der Waals surface area contributed by atoms with Gasteiger partial charge in [0.05, 0.1) is 30.0 Å². The number of para-hydroxylation sites is 1. The number of hydrogen-bond acceptors (Lipinski definition) is 5. The zero-order valence-corrected chi connectivity index (χ0v) is 13.2. The summed E-state index contributed by atoms with van der Waals surface area (Å²) >= 11 is 0. The second-order valence-corrected chi connectivity index (χ2v) is 5.63. The maximum atomic E-state index is 12.7. The van der Waals surface area contributed by atoms with Crippen LogP contribution in [0, 0.1) is 0 Å². The summed E-state index contributed by atoms with van der Waals surface area (Å²) in [7, 11) is 1.69. The number of aromatic nitrogens is 1. The van der Waals surface area contributed by atoms with Gasteiger partial charge in [0, 0.05) is 32.1 Å². The first kappa shape index (κ1) is 15.9. The van der Waals surface area contributed by atoms with E-state index in [4.69, 9.17) is 9.84 Å². The molecule has 0 spiro atoms. The van der Waals surface area contributed by atoms with Gasteiger partial charge in [-0.3, -0.25) is 4.79 Å². The van der Waals surface area contributed by atoms with Crippen molar-refractivity contribution in [2.45, 2.75) is 6.10 Å². The average Bonchev–Trinajstić information content (AvgIpc) is 2.61. The summed E-state index contributed by atoms with van der Waals surface area (Å²) in [5, 5.41) is 13.2. The van der Waals surface area contributed by atoms with E-state index in [9.17, 15) is 4.79 Å². The van der Waals surface area contributed by atoms with E-state index < -0.39 is 0 Å². The van der Waals surface area contributed by atoms with Gasteiger partial charge in [-0.25, -0.2) is 4.98 Å². The number of carbonyl (C=O) groups is 1. The molecule has 6 heteroatoms. The molecule has 23 heavy (non-hydrogen) atoms. The minimum Gasteiger partial charge on any atom is -0.395 e. The first-order valence-corrected chi connectivity index (χ1v) is 7.79. The number of aliphatic hydroxyl groups excluding tert-OH is 1. The SMILES string of the molecule is CN(CCO)C(=O)c1cc(C2CNCCO2)nc2ccccc12. The number of pyridine rings is 1. The summed E-state index contributed by atoms with van der Waals surface area (Å²) in [5.74, 6) is -0.123. The molecular weight excluding hydrogens is 294 g/mol. The van der Waals surface area contributed by atoms with Gasteiger partial charge < -0.3 is 20.1 Å². The number of nitrogens with zero attached hydrogens (tertiary/aromatic N) is 2. The molecule has 2 aromatic rings. The largest absolute Gasteiger partial charge is 0.395 e. The Morgan fingerprint density at radius 3 is 3.04 bits per heavy atom. The van der Waals surface area contributed by atoms with Crippen LogP contribution in [0.1, 0.15) is 22.2 Å². The van der Waals surface area contributed by atoms with Gasteiger partial charge in [0.25, 0.3) is 5.91 Å². The van der Waals surface area contributed by atoms with Crippen molar-refractivity contribution in [3.63, 3.8) is 0 Å². The van der Waals surface area contributed by atoms with E-state index in [1.165, 1.54) is 4.90 Å². The molecule has 1 aliphatic rings. The number of morpholine rings is 1. The lowest BCUT2D eigenvalue weighted by molar-refractivity contribution is 0.0251. The highest BCUT2D eigenvalue weighted by Crippen LogP contribution is 2.25. The van der Waals surface area contributed by atoms with Gasteiger partial charge in [-0.15, -0.1) is 0 Å². The van der Waals surface area contributed by atoms with Crippen LogP contribution in [0.3, 0.4) is 0 Å². The highest BCUT2D eigenvalue weighted by atomic mass is 16.5. The fourth-order valence-corrected chi connectivity index (χ4v) is 2.75. The summed E-state index contributed by atoms with van der Waals surface area (Å²) in [6.07, 6.45) is -0.150. The normalized spacial score (nSPS) is 18.1. The first-order valence-electron chi connectivity index (χ1n) is 7.79. The molecule has 1 saturated heterocycles. The number of nitrogens with one attached hydrogen (secondary N) is 1. The Labute approximate surface area is 135 Å². The minimum absolute atomic E-state index is 0.0617. The van der Waals surface area contributed by atoms with Crippen LogP contribution in [0.25, 0.3) is 10.9 Å². The van der Waals surface area contributed by atoms with Crippen molar-refractivity contribution in [3.8, 4) is 0 Å². The zero-order valence-electron chi connectivity index (χ0n) is 13.2. The Morgan fingerprint density at radius 1 is 1.48 bits per heavy atom. The summed E-state index contributed by atoms with van der Waals surface area (Å²) in [6.45, 7) is 2.38. The number of hydrogen-bond donors (Lipinski definition) is 2. The number of benzene rings is 1. The van der Waals surface area contributed by atoms with Gasteiger partial charge in [0.15, 0.2) is 0 Å². The number of ether oxygens (including phenoxy) is 1. The predicted octanol–water partition coefficient (Wildman–Crippen LogP) is 0.960. The zero-order chi connectivity index (χ0) is 16.2. The quantitative estimate of drug-likeness (QED) is 0.879. The molecule has 3 rings (SSSR count). The van der Waals surface area contributed by atoms with Crippen LogP contribution in [-0.4, -0.2) is 60.8 Å².